The summed E-state index contributed by atoms with van der Waals surface area (Å²) in [5, 5.41) is 8.64. The Hall–Kier alpha value is -0.830. The minimum Gasteiger partial charge on any atom is -0.481 e. The standard InChI is InChI=1S/C9H9F2IN2O2/c10-9(11)8-7(12)5(2-13)4(3-14-8)1-6(15)16/h3,9H,1-2,13H2,(H,15,16). The first-order valence-corrected chi connectivity index (χ1v) is 5.41. The van der Waals surface area contributed by atoms with Crippen molar-refractivity contribution in [3.05, 3.63) is 26.6 Å². The fourth-order valence-corrected chi connectivity index (χ4v) is 2.21. The molecule has 7 heteroatoms. The molecule has 4 nitrogen and oxygen atoms in total. The number of nitrogens with zero attached hydrogens (tertiary/aromatic N) is 1. The predicted molar refractivity (Wildman–Crippen MR) is 61.1 cm³/mol. The number of hydrogen-bond acceptors (Lipinski definition) is 3. The highest BCUT2D eigenvalue weighted by Gasteiger charge is 2.19. The third-order valence-electron chi connectivity index (χ3n) is 1.99. The average molecular weight is 342 g/mol. The van der Waals surface area contributed by atoms with E-state index >= 15 is 0 Å². The third-order valence-corrected chi connectivity index (χ3v) is 3.19. The summed E-state index contributed by atoms with van der Waals surface area (Å²) < 4.78 is 25.3. The van der Waals surface area contributed by atoms with E-state index in [1.165, 1.54) is 0 Å². The normalized spacial score (nSPS) is 10.8. The van der Waals surface area contributed by atoms with Crippen LogP contribution < -0.4 is 5.73 Å². The number of aromatic nitrogens is 1. The number of rotatable bonds is 4. The van der Waals surface area contributed by atoms with E-state index in [-0.39, 0.29) is 22.2 Å². The van der Waals surface area contributed by atoms with Crippen LogP contribution in [-0.4, -0.2) is 16.1 Å². The number of carboxylic acid groups (broad SMARTS) is 1. The molecule has 0 radical (unpaired) electrons. The highest BCUT2D eigenvalue weighted by Crippen LogP contribution is 2.26. The van der Waals surface area contributed by atoms with Crippen molar-refractivity contribution in [2.24, 2.45) is 5.73 Å². The van der Waals surface area contributed by atoms with E-state index in [1.54, 1.807) is 22.6 Å². The molecule has 0 atom stereocenters. The van der Waals surface area contributed by atoms with Crippen LogP contribution in [0.3, 0.4) is 0 Å². The summed E-state index contributed by atoms with van der Waals surface area (Å²) in [4.78, 5) is 14.1. The molecule has 0 bridgehead atoms. The molecule has 1 rings (SSSR count). The Morgan fingerprint density at radius 3 is 2.69 bits per heavy atom. The highest BCUT2D eigenvalue weighted by molar-refractivity contribution is 14.1. The Morgan fingerprint density at radius 2 is 2.25 bits per heavy atom. The number of carboxylic acids is 1. The minimum absolute atomic E-state index is 0.0170. The maximum absolute atomic E-state index is 12.5. The fourth-order valence-electron chi connectivity index (χ4n) is 1.27. The van der Waals surface area contributed by atoms with Crippen molar-refractivity contribution in [2.75, 3.05) is 0 Å². The molecule has 0 aliphatic heterocycles. The lowest BCUT2D eigenvalue weighted by atomic mass is 10.1. The van der Waals surface area contributed by atoms with Gasteiger partial charge in [-0.15, -0.1) is 0 Å². The fraction of sp³-hybridized carbons (Fsp3) is 0.333. The first kappa shape index (κ1) is 13.2. The molecule has 0 saturated heterocycles. The van der Waals surface area contributed by atoms with E-state index in [0.29, 0.717) is 11.1 Å². The molecule has 1 aromatic heterocycles. The molecule has 0 aliphatic rings. The average Bonchev–Trinajstić information content (AvgIpc) is 2.16. The van der Waals surface area contributed by atoms with E-state index in [1.807, 2.05) is 0 Å². The zero-order valence-corrected chi connectivity index (χ0v) is 10.2. The van der Waals surface area contributed by atoms with Crippen molar-refractivity contribution in [1.29, 1.82) is 0 Å². The molecular formula is C9H9F2IN2O2. The van der Waals surface area contributed by atoms with E-state index in [4.69, 9.17) is 10.8 Å². The largest absolute Gasteiger partial charge is 0.481 e. The molecule has 88 valence electrons. The zero-order chi connectivity index (χ0) is 12.3. The number of hydrogen-bond donors (Lipinski definition) is 2. The smallest absolute Gasteiger partial charge is 0.307 e. The van der Waals surface area contributed by atoms with Gasteiger partial charge in [0.15, 0.2) is 0 Å². The second kappa shape index (κ2) is 5.48. The molecule has 0 aromatic carbocycles. The molecule has 0 spiro atoms. The van der Waals surface area contributed by atoms with E-state index in [9.17, 15) is 13.6 Å². The number of aliphatic carboxylic acids is 1. The van der Waals surface area contributed by atoms with Gasteiger partial charge >= 0.3 is 5.97 Å². The summed E-state index contributed by atoms with van der Waals surface area (Å²) in [6.45, 7) is 0.0170. The van der Waals surface area contributed by atoms with Crippen molar-refractivity contribution in [1.82, 2.24) is 4.98 Å². The van der Waals surface area contributed by atoms with Gasteiger partial charge in [-0.25, -0.2) is 8.78 Å². The lowest BCUT2D eigenvalue weighted by Crippen LogP contribution is -2.12. The maximum atomic E-state index is 12.5. The summed E-state index contributed by atoms with van der Waals surface area (Å²) in [6.07, 6.45) is -1.80. The number of pyridine rings is 1. The Kier molecular flexibility index (Phi) is 4.54. The molecule has 16 heavy (non-hydrogen) atoms. The monoisotopic (exact) mass is 342 g/mol. The zero-order valence-electron chi connectivity index (χ0n) is 8.08. The molecule has 1 aromatic rings. The van der Waals surface area contributed by atoms with Gasteiger partial charge < -0.3 is 10.8 Å². The molecule has 3 N–H and O–H groups in total. The molecule has 0 fully saturated rings. The Morgan fingerprint density at radius 1 is 1.62 bits per heavy atom. The second-order valence-corrected chi connectivity index (χ2v) is 4.12. The van der Waals surface area contributed by atoms with Gasteiger partial charge in [0.05, 0.1) is 6.42 Å². The van der Waals surface area contributed by atoms with Gasteiger partial charge in [0.1, 0.15) is 5.69 Å². The van der Waals surface area contributed by atoms with Gasteiger partial charge in [0, 0.05) is 16.3 Å². The Labute approximate surface area is 104 Å². The lowest BCUT2D eigenvalue weighted by Gasteiger charge is -2.11. The second-order valence-electron chi connectivity index (χ2n) is 3.04. The van der Waals surface area contributed by atoms with Gasteiger partial charge in [-0.05, 0) is 33.7 Å². The van der Waals surface area contributed by atoms with Crippen molar-refractivity contribution in [3.63, 3.8) is 0 Å². The van der Waals surface area contributed by atoms with Crippen LogP contribution in [0.4, 0.5) is 8.78 Å². The van der Waals surface area contributed by atoms with Crippen LogP contribution in [-0.2, 0) is 17.8 Å². The quantitative estimate of drug-likeness (QED) is 0.817. The third kappa shape index (κ3) is 2.85. The first-order valence-electron chi connectivity index (χ1n) is 4.33. The highest BCUT2D eigenvalue weighted by atomic mass is 127. The molecular weight excluding hydrogens is 333 g/mol. The summed E-state index contributed by atoms with van der Waals surface area (Å²) in [5.41, 5.74) is 5.88. The van der Waals surface area contributed by atoms with Crippen molar-refractivity contribution >= 4 is 28.6 Å². The topological polar surface area (TPSA) is 76.2 Å². The van der Waals surface area contributed by atoms with Crippen LogP contribution in [0.5, 0.6) is 0 Å². The maximum Gasteiger partial charge on any atom is 0.307 e. The van der Waals surface area contributed by atoms with Gasteiger partial charge in [-0.2, -0.15) is 0 Å². The number of alkyl halides is 2. The molecule has 1 heterocycles. The van der Waals surface area contributed by atoms with Crippen LogP contribution in [0.1, 0.15) is 23.2 Å². The summed E-state index contributed by atoms with van der Waals surface area (Å²) in [7, 11) is 0. The lowest BCUT2D eigenvalue weighted by molar-refractivity contribution is -0.136. The van der Waals surface area contributed by atoms with Gasteiger partial charge in [0.25, 0.3) is 6.43 Å². The minimum atomic E-state index is -2.68. The van der Waals surface area contributed by atoms with E-state index in [2.05, 4.69) is 4.98 Å². The van der Waals surface area contributed by atoms with Crippen molar-refractivity contribution in [3.8, 4) is 0 Å². The molecule has 0 amide bonds. The predicted octanol–water partition coefficient (Wildman–Crippen LogP) is 1.71. The van der Waals surface area contributed by atoms with Crippen LogP contribution in [0.2, 0.25) is 0 Å². The van der Waals surface area contributed by atoms with Gasteiger partial charge in [0.2, 0.25) is 0 Å². The molecule has 0 aliphatic carbocycles. The van der Waals surface area contributed by atoms with E-state index < -0.39 is 12.4 Å². The van der Waals surface area contributed by atoms with Crippen molar-refractivity contribution < 1.29 is 18.7 Å². The number of carbonyl (C=O) groups is 1. The number of halogens is 3. The summed E-state index contributed by atoms with van der Waals surface area (Å²) in [5.74, 6) is -1.04. The van der Waals surface area contributed by atoms with Crippen molar-refractivity contribution in [2.45, 2.75) is 19.4 Å². The summed E-state index contributed by atoms with van der Waals surface area (Å²) >= 11 is 1.71. The summed E-state index contributed by atoms with van der Waals surface area (Å²) in [6, 6.07) is 0. The first-order chi connectivity index (χ1) is 7.47. The van der Waals surface area contributed by atoms with Crippen LogP contribution >= 0.6 is 22.6 Å². The van der Waals surface area contributed by atoms with Crippen LogP contribution in [0.15, 0.2) is 6.20 Å². The number of nitrogens with two attached hydrogens (primary N) is 1. The van der Waals surface area contributed by atoms with Gasteiger partial charge in [-0.3, -0.25) is 9.78 Å². The van der Waals surface area contributed by atoms with Crippen LogP contribution in [0.25, 0.3) is 0 Å². The molecule has 0 saturated carbocycles. The van der Waals surface area contributed by atoms with Crippen LogP contribution in [0, 0.1) is 3.57 Å². The van der Waals surface area contributed by atoms with E-state index in [0.717, 1.165) is 6.20 Å². The SMILES string of the molecule is NCc1c(CC(=O)O)cnc(C(F)F)c1I. The Bertz CT molecular complexity index is 413. The van der Waals surface area contributed by atoms with Gasteiger partial charge in [-0.1, -0.05) is 0 Å². The molecule has 0 unspecified atom stereocenters. The Balaban J connectivity index is 3.23.